The summed E-state index contributed by atoms with van der Waals surface area (Å²) in [6.45, 7) is 2.86. The number of hydrogen-bond donors (Lipinski definition) is 1. The van der Waals surface area contributed by atoms with E-state index in [1.165, 1.54) is 17.0 Å². The number of hydrogen-bond acceptors (Lipinski definition) is 4. The molecule has 0 bridgehead atoms. The highest BCUT2D eigenvalue weighted by molar-refractivity contribution is 7.12. The van der Waals surface area contributed by atoms with Gasteiger partial charge in [-0.25, -0.2) is 0 Å². The predicted molar refractivity (Wildman–Crippen MR) is 121 cm³/mol. The van der Waals surface area contributed by atoms with Gasteiger partial charge in [-0.2, -0.15) is 0 Å². The second kappa shape index (κ2) is 9.59. The Bertz CT molecular complexity index is 953. The fourth-order valence-corrected chi connectivity index (χ4v) is 4.36. The molecule has 1 fully saturated rings. The summed E-state index contributed by atoms with van der Waals surface area (Å²) in [6.07, 6.45) is 0.482. The van der Waals surface area contributed by atoms with Gasteiger partial charge in [-0.3, -0.25) is 9.59 Å². The minimum atomic E-state index is -0.578. The van der Waals surface area contributed by atoms with Gasteiger partial charge in [-0.1, -0.05) is 54.6 Å². The summed E-state index contributed by atoms with van der Waals surface area (Å²) in [5.74, 6) is -0.210. The molecule has 30 heavy (non-hydrogen) atoms. The Morgan fingerprint density at radius 1 is 0.867 bits per heavy atom. The lowest BCUT2D eigenvalue weighted by atomic mass is 10.0. The molecule has 2 aromatic carbocycles. The molecule has 5 nitrogen and oxygen atoms in total. The monoisotopic (exact) mass is 419 g/mol. The van der Waals surface area contributed by atoms with Crippen molar-refractivity contribution in [3.8, 4) is 0 Å². The number of thiophene rings is 1. The van der Waals surface area contributed by atoms with E-state index in [-0.39, 0.29) is 11.8 Å². The molecule has 0 aliphatic carbocycles. The van der Waals surface area contributed by atoms with Gasteiger partial charge in [0, 0.05) is 38.3 Å². The minimum Gasteiger partial charge on any atom is -0.368 e. The van der Waals surface area contributed by atoms with Crippen LogP contribution < -0.4 is 10.2 Å². The van der Waals surface area contributed by atoms with Gasteiger partial charge in [0.1, 0.15) is 6.04 Å². The first-order valence-electron chi connectivity index (χ1n) is 10.2. The maximum atomic E-state index is 13.3. The Balaban J connectivity index is 1.44. The van der Waals surface area contributed by atoms with Gasteiger partial charge in [0.2, 0.25) is 5.91 Å². The molecule has 0 radical (unpaired) electrons. The summed E-state index contributed by atoms with van der Waals surface area (Å²) < 4.78 is 0. The van der Waals surface area contributed by atoms with Crippen molar-refractivity contribution in [2.24, 2.45) is 0 Å². The number of rotatable bonds is 6. The van der Waals surface area contributed by atoms with Gasteiger partial charge in [-0.15, -0.1) is 11.3 Å². The third-order valence-corrected chi connectivity index (χ3v) is 6.21. The van der Waals surface area contributed by atoms with Crippen molar-refractivity contribution in [2.75, 3.05) is 31.1 Å². The van der Waals surface area contributed by atoms with Crippen LogP contribution in [0.15, 0.2) is 78.2 Å². The van der Waals surface area contributed by atoms with Gasteiger partial charge in [0.05, 0.1) is 4.88 Å². The summed E-state index contributed by atoms with van der Waals surface area (Å²) >= 11 is 1.38. The van der Waals surface area contributed by atoms with E-state index in [2.05, 4.69) is 22.3 Å². The van der Waals surface area contributed by atoms with Crippen molar-refractivity contribution >= 4 is 28.8 Å². The molecule has 2 amide bonds. The van der Waals surface area contributed by atoms with E-state index in [0.29, 0.717) is 24.4 Å². The van der Waals surface area contributed by atoms with Crippen LogP contribution >= 0.6 is 11.3 Å². The highest BCUT2D eigenvalue weighted by Crippen LogP contribution is 2.17. The van der Waals surface area contributed by atoms with Crippen molar-refractivity contribution in [2.45, 2.75) is 12.5 Å². The van der Waals surface area contributed by atoms with E-state index in [9.17, 15) is 9.59 Å². The standard InChI is InChI=1S/C24H25N3O2S/c28-23(22-12-7-17-30-22)25-21(18-19-8-3-1-4-9-19)24(29)27-15-13-26(14-16-27)20-10-5-2-6-11-20/h1-12,17,21H,13-16,18H2,(H,25,28)/t21-/m0/s1. The number of benzene rings is 2. The quantitative estimate of drug-likeness (QED) is 0.666. The van der Waals surface area contributed by atoms with Gasteiger partial charge in [0.25, 0.3) is 5.91 Å². The molecular weight excluding hydrogens is 394 g/mol. The summed E-state index contributed by atoms with van der Waals surface area (Å²) in [4.78, 5) is 30.8. The molecule has 3 aromatic rings. The lowest BCUT2D eigenvalue weighted by Gasteiger charge is -2.37. The number of anilines is 1. The normalized spacial score (nSPS) is 14.9. The molecule has 1 atom stereocenters. The van der Waals surface area contributed by atoms with Crippen LogP contribution in [-0.2, 0) is 11.2 Å². The van der Waals surface area contributed by atoms with Gasteiger partial charge in [0.15, 0.2) is 0 Å². The fourth-order valence-electron chi connectivity index (χ4n) is 3.73. The van der Waals surface area contributed by atoms with Crippen molar-refractivity contribution in [3.63, 3.8) is 0 Å². The summed E-state index contributed by atoms with van der Waals surface area (Å²) in [7, 11) is 0. The average Bonchev–Trinajstić information content (AvgIpc) is 3.35. The van der Waals surface area contributed by atoms with Gasteiger partial charge < -0.3 is 15.1 Å². The number of carbonyl (C=O) groups is 2. The highest BCUT2D eigenvalue weighted by Gasteiger charge is 2.29. The van der Waals surface area contributed by atoms with Crippen molar-refractivity contribution in [3.05, 3.63) is 88.6 Å². The van der Waals surface area contributed by atoms with Crippen molar-refractivity contribution < 1.29 is 9.59 Å². The Morgan fingerprint density at radius 3 is 2.17 bits per heavy atom. The minimum absolute atomic E-state index is 0.0172. The van der Waals surface area contributed by atoms with Crippen LogP contribution in [0, 0.1) is 0 Å². The zero-order valence-corrected chi connectivity index (χ0v) is 17.6. The number of nitrogens with zero attached hydrogens (tertiary/aromatic N) is 2. The average molecular weight is 420 g/mol. The molecule has 1 aliphatic rings. The Hall–Kier alpha value is -3.12. The molecule has 4 rings (SSSR count). The molecule has 0 saturated carbocycles. The first-order valence-corrected chi connectivity index (χ1v) is 11.1. The number of carbonyl (C=O) groups excluding carboxylic acids is 2. The SMILES string of the molecule is O=C(N[C@@H](Cc1ccccc1)C(=O)N1CCN(c2ccccc2)CC1)c1cccs1. The number of para-hydroxylation sites is 1. The molecule has 6 heteroatoms. The number of piperazine rings is 1. The van der Waals surface area contributed by atoms with Gasteiger partial charge in [-0.05, 0) is 29.1 Å². The van der Waals surface area contributed by atoms with E-state index in [1.807, 2.05) is 64.9 Å². The zero-order valence-electron chi connectivity index (χ0n) is 16.7. The molecular formula is C24H25N3O2S. The molecule has 1 aliphatic heterocycles. The Morgan fingerprint density at radius 2 is 1.53 bits per heavy atom. The van der Waals surface area contributed by atoms with Crippen LogP contribution in [0.3, 0.4) is 0 Å². The molecule has 1 N–H and O–H groups in total. The molecule has 1 saturated heterocycles. The Kier molecular flexibility index (Phi) is 6.44. The lowest BCUT2D eigenvalue weighted by molar-refractivity contribution is -0.133. The largest absolute Gasteiger partial charge is 0.368 e. The van der Waals surface area contributed by atoms with Crippen LogP contribution in [0.5, 0.6) is 0 Å². The van der Waals surface area contributed by atoms with Crippen LogP contribution in [0.1, 0.15) is 15.2 Å². The third kappa shape index (κ3) is 4.89. The molecule has 154 valence electrons. The summed E-state index contributed by atoms with van der Waals surface area (Å²) in [5.41, 5.74) is 2.21. The molecule has 0 spiro atoms. The topological polar surface area (TPSA) is 52.7 Å². The smallest absolute Gasteiger partial charge is 0.262 e. The van der Waals surface area contributed by atoms with Crippen LogP contribution in [0.2, 0.25) is 0 Å². The number of amides is 2. The van der Waals surface area contributed by atoms with E-state index in [4.69, 9.17) is 0 Å². The maximum Gasteiger partial charge on any atom is 0.262 e. The first kappa shape index (κ1) is 20.2. The van der Waals surface area contributed by atoms with E-state index in [0.717, 1.165) is 18.7 Å². The molecule has 0 unspecified atom stereocenters. The third-order valence-electron chi connectivity index (χ3n) is 5.34. The molecule has 1 aromatic heterocycles. The second-order valence-corrected chi connectivity index (χ2v) is 8.29. The number of nitrogens with one attached hydrogen (secondary N) is 1. The lowest BCUT2D eigenvalue weighted by Crippen LogP contribution is -2.55. The predicted octanol–water partition coefficient (Wildman–Crippen LogP) is 3.44. The van der Waals surface area contributed by atoms with Crippen LogP contribution in [0.25, 0.3) is 0 Å². The van der Waals surface area contributed by atoms with E-state index >= 15 is 0 Å². The van der Waals surface area contributed by atoms with Crippen molar-refractivity contribution in [1.82, 2.24) is 10.2 Å². The summed E-state index contributed by atoms with van der Waals surface area (Å²) in [5, 5.41) is 4.84. The van der Waals surface area contributed by atoms with Crippen molar-refractivity contribution in [1.29, 1.82) is 0 Å². The van der Waals surface area contributed by atoms with E-state index in [1.54, 1.807) is 6.07 Å². The maximum absolute atomic E-state index is 13.3. The van der Waals surface area contributed by atoms with Crippen LogP contribution in [-0.4, -0.2) is 48.9 Å². The fraction of sp³-hybridized carbons (Fsp3) is 0.250. The first-order chi connectivity index (χ1) is 14.7. The zero-order chi connectivity index (χ0) is 20.8. The molecule has 2 heterocycles. The van der Waals surface area contributed by atoms with E-state index < -0.39 is 6.04 Å². The van der Waals surface area contributed by atoms with Gasteiger partial charge >= 0.3 is 0 Å². The Labute approximate surface area is 180 Å². The highest BCUT2D eigenvalue weighted by atomic mass is 32.1. The second-order valence-electron chi connectivity index (χ2n) is 7.34. The van der Waals surface area contributed by atoms with Crippen LogP contribution in [0.4, 0.5) is 5.69 Å². The summed E-state index contributed by atoms with van der Waals surface area (Å²) in [6, 6.07) is 23.1.